The topological polar surface area (TPSA) is 26.3 Å². The molecule has 0 N–H and O–H groups in total. The van der Waals surface area contributed by atoms with Gasteiger partial charge in [-0.05, 0) is 12.1 Å². The van der Waals surface area contributed by atoms with Crippen LogP contribution in [0.4, 0.5) is 8.78 Å². The second kappa shape index (κ2) is 8.77. The molecule has 6 heteroatoms. The van der Waals surface area contributed by atoms with Crippen molar-refractivity contribution in [2.45, 2.75) is 6.42 Å². The summed E-state index contributed by atoms with van der Waals surface area (Å²) in [6.45, 7) is 0. The maximum atomic E-state index is 11.9. The van der Waals surface area contributed by atoms with Crippen LogP contribution in [0.5, 0.6) is 0 Å². The molecule has 1 aromatic carbocycles. The van der Waals surface area contributed by atoms with E-state index < -0.39 is 12.4 Å². The molecule has 0 radical (unpaired) electrons. The molecule has 0 atom stereocenters. The van der Waals surface area contributed by atoms with Gasteiger partial charge in [-0.15, -0.1) is 0 Å². The fourth-order valence-corrected chi connectivity index (χ4v) is 1.03. The first-order valence-electron chi connectivity index (χ1n) is 4.24. The fraction of sp³-hybridized carbons (Fsp3) is 0.200. The molecule has 1 aromatic rings. The third-order valence-corrected chi connectivity index (χ3v) is 1.71. The fourth-order valence-electron chi connectivity index (χ4n) is 1.03. The average molecular weight is 344 g/mol. The van der Waals surface area contributed by atoms with Gasteiger partial charge in [-0.2, -0.15) is 0 Å². The van der Waals surface area contributed by atoms with Gasteiger partial charge in [-0.25, -0.2) is 4.79 Å². The van der Waals surface area contributed by atoms with Gasteiger partial charge >= 0.3 is 35.9 Å². The molecule has 0 amide bonds. The zero-order valence-corrected chi connectivity index (χ0v) is 13.2. The number of halogens is 3. The number of benzene rings is 1. The van der Waals surface area contributed by atoms with Crippen LogP contribution in [-0.2, 0) is 27.5 Å². The summed E-state index contributed by atoms with van der Waals surface area (Å²) in [4.78, 5) is 11.0. The van der Waals surface area contributed by atoms with Gasteiger partial charge in [0.25, 0.3) is 0 Å². The van der Waals surface area contributed by atoms with Crippen LogP contribution in [0.1, 0.15) is 15.9 Å². The van der Waals surface area contributed by atoms with Crippen LogP contribution in [0, 0.1) is 6.43 Å². The standard InChI is InChI=1S/C10H9F2O2.BrH.Zn/c1-14-10(13)8-4-2-7(3-5-8)6-9(11)12;;/h2-5H,6H2,1H3;1H;/q-1;;+2/p-1. The molecule has 0 unspecified atom stereocenters. The number of methoxy groups -OCH3 is 1. The first-order valence-corrected chi connectivity index (χ1v) is 11.2. The van der Waals surface area contributed by atoms with Crippen LogP contribution >= 0.6 is 13.6 Å². The average Bonchev–Trinajstić information content (AvgIpc) is 2.31. The van der Waals surface area contributed by atoms with Crippen molar-refractivity contribution in [1.82, 2.24) is 0 Å². The van der Waals surface area contributed by atoms with Crippen LogP contribution < -0.4 is 0 Å². The van der Waals surface area contributed by atoms with Crippen molar-refractivity contribution in [3.8, 4) is 0 Å². The Morgan fingerprint density at radius 3 is 2.25 bits per heavy atom. The summed E-state index contributed by atoms with van der Waals surface area (Å²) in [5.74, 6) is -0.471. The summed E-state index contributed by atoms with van der Waals surface area (Å²) in [5.41, 5.74) is 0.827. The second-order valence-corrected chi connectivity index (χ2v) is 2.70. The molecule has 84 valence electrons. The van der Waals surface area contributed by atoms with Crippen molar-refractivity contribution in [2.24, 2.45) is 0 Å². The molecular weight excluding hydrogens is 335 g/mol. The Morgan fingerprint density at radius 2 is 1.88 bits per heavy atom. The monoisotopic (exact) mass is 342 g/mol. The van der Waals surface area contributed by atoms with E-state index in [9.17, 15) is 13.6 Å². The Labute approximate surface area is 109 Å². The Hall–Kier alpha value is -0.347. The van der Waals surface area contributed by atoms with E-state index in [0.29, 0.717) is 11.1 Å². The molecule has 0 spiro atoms. The van der Waals surface area contributed by atoms with Gasteiger partial charge in [0.05, 0.1) is 12.7 Å². The molecule has 0 aliphatic carbocycles. The number of esters is 1. The van der Waals surface area contributed by atoms with Crippen LogP contribution in [-0.4, -0.2) is 13.1 Å². The van der Waals surface area contributed by atoms with E-state index in [1.807, 2.05) is 0 Å². The predicted molar refractivity (Wildman–Crippen MR) is 55.9 cm³/mol. The Morgan fingerprint density at radius 1 is 1.38 bits per heavy atom. The van der Waals surface area contributed by atoms with Gasteiger partial charge in [0.2, 0.25) is 0 Å². The quantitative estimate of drug-likeness (QED) is 0.478. The van der Waals surface area contributed by atoms with E-state index >= 15 is 0 Å². The van der Waals surface area contributed by atoms with Crippen molar-refractivity contribution in [3.05, 3.63) is 41.8 Å². The minimum absolute atomic E-state index is 0.357. The van der Waals surface area contributed by atoms with E-state index in [2.05, 4.69) is 18.4 Å². The Kier molecular flexibility index (Phi) is 8.58. The summed E-state index contributed by atoms with van der Waals surface area (Å²) >= 11 is 4.25. The van der Waals surface area contributed by atoms with Crippen molar-refractivity contribution >= 4 is 19.6 Å². The predicted octanol–water partition coefficient (Wildman–Crippen LogP) is 3.29. The molecule has 0 aromatic heterocycles. The van der Waals surface area contributed by atoms with E-state index in [4.69, 9.17) is 0 Å². The Bertz CT molecular complexity index is 317. The van der Waals surface area contributed by atoms with Crippen LogP contribution in [0.25, 0.3) is 0 Å². The van der Waals surface area contributed by atoms with E-state index in [0.717, 1.165) is 0 Å². The van der Waals surface area contributed by atoms with Crippen LogP contribution in [0.3, 0.4) is 0 Å². The minimum atomic E-state index is -1.64. The first kappa shape index (κ1) is 15.7. The molecule has 0 saturated heterocycles. The molecule has 0 saturated carbocycles. The summed E-state index contributed by atoms with van der Waals surface area (Å²) in [5, 5.41) is 0. The second-order valence-electron chi connectivity index (χ2n) is 2.70. The zero-order valence-electron chi connectivity index (χ0n) is 8.67. The van der Waals surface area contributed by atoms with Crippen LogP contribution in [0.15, 0.2) is 24.3 Å². The van der Waals surface area contributed by atoms with E-state index in [1.165, 1.54) is 47.7 Å². The van der Waals surface area contributed by atoms with Gasteiger partial charge in [0.1, 0.15) is 0 Å². The van der Waals surface area contributed by atoms with E-state index in [-0.39, 0.29) is 6.42 Å². The number of carbonyl (C=O) groups excluding carboxylic acids is 1. The van der Waals surface area contributed by atoms with Crippen LogP contribution in [0.2, 0.25) is 0 Å². The molecule has 0 heterocycles. The van der Waals surface area contributed by atoms with E-state index in [1.54, 1.807) is 0 Å². The number of carbonyl (C=O) groups is 1. The zero-order chi connectivity index (χ0) is 12.6. The van der Waals surface area contributed by atoms with Crippen molar-refractivity contribution in [1.29, 1.82) is 0 Å². The number of hydrogen-bond donors (Lipinski definition) is 0. The van der Waals surface area contributed by atoms with Crippen molar-refractivity contribution in [3.63, 3.8) is 0 Å². The molecule has 16 heavy (non-hydrogen) atoms. The third kappa shape index (κ3) is 5.66. The summed E-state index contributed by atoms with van der Waals surface area (Å²) in [7, 11) is 1.27. The number of ether oxygens (including phenoxy) is 1. The molecule has 0 aliphatic heterocycles. The molecule has 1 rings (SSSR count). The van der Waals surface area contributed by atoms with Gasteiger partial charge in [-0.3, -0.25) is 0 Å². The maximum absolute atomic E-state index is 11.9. The molecule has 0 fully saturated rings. The Balaban J connectivity index is 0.00000106. The molecule has 0 aliphatic rings. The molecular formula is C10H9BrF2O2Zn. The van der Waals surface area contributed by atoms with Crippen molar-refractivity contribution in [2.75, 3.05) is 7.11 Å². The van der Waals surface area contributed by atoms with Gasteiger partial charge in [0, 0.05) is 6.43 Å². The SMILES string of the molecule is COC(=O)c1ccc(C[C-](F)F)cc1.[Zn+][Br]. The normalized spacial score (nSPS) is 9.44. The number of rotatable bonds is 3. The first-order chi connectivity index (χ1) is 7.63. The summed E-state index contributed by atoms with van der Waals surface area (Å²) in [6.07, 6.45) is -2.02. The molecule has 0 bridgehead atoms. The summed E-state index contributed by atoms with van der Waals surface area (Å²) < 4.78 is 28.2. The molecule has 2 nitrogen and oxygen atoms in total. The number of hydrogen-bond acceptors (Lipinski definition) is 2. The van der Waals surface area contributed by atoms with Gasteiger partial charge < -0.3 is 13.5 Å². The third-order valence-electron chi connectivity index (χ3n) is 1.71. The van der Waals surface area contributed by atoms with Gasteiger partial charge in [-0.1, -0.05) is 24.1 Å². The van der Waals surface area contributed by atoms with Gasteiger partial charge in [0.15, 0.2) is 0 Å². The summed E-state index contributed by atoms with van der Waals surface area (Å²) in [6, 6.07) is 5.88. The van der Waals surface area contributed by atoms with Crippen molar-refractivity contribution < 1.29 is 34.7 Å².